The summed E-state index contributed by atoms with van der Waals surface area (Å²) in [6.07, 6.45) is 6.26. The summed E-state index contributed by atoms with van der Waals surface area (Å²) in [5.74, 6) is 0.0640. The van der Waals surface area contributed by atoms with Crippen LogP contribution in [0.1, 0.15) is 40.2 Å². The van der Waals surface area contributed by atoms with E-state index in [2.05, 4.69) is 4.98 Å². The fourth-order valence-corrected chi connectivity index (χ4v) is 3.61. The van der Waals surface area contributed by atoms with Crippen LogP contribution in [-0.2, 0) is 11.2 Å². The van der Waals surface area contributed by atoms with Gasteiger partial charge in [-0.3, -0.25) is 14.6 Å². The summed E-state index contributed by atoms with van der Waals surface area (Å²) in [6.45, 7) is 0.734. The van der Waals surface area contributed by atoms with Gasteiger partial charge in [0.1, 0.15) is 0 Å². The molecule has 2 aromatic rings. The number of rotatable bonds is 3. The average molecular weight is 321 g/mol. The van der Waals surface area contributed by atoms with Crippen molar-refractivity contribution in [2.75, 3.05) is 11.4 Å². The zero-order chi connectivity index (χ0) is 16.7. The molecule has 0 saturated heterocycles. The molecule has 1 fully saturated rings. The molecular formula is C19H19N3O2. The summed E-state index contributed by atoms with van der Waals surface area (Å²) in [6, 6.07) is 9.33. The highest BCUT2D eigenvalue weighted by atomic mass is 16.2. The van der Waals surface area contributed by atoms with E-state index in [1.807, 2.05) is 35.4 Å². The minimum atomic E-state index is -0.430. The number of primary amides is 1. The molecule has 122 valence electrons. The lowest BCUT2D eigenvalue weighted by atomic mass is 9.98. The molecule has 0 radical (unpaired) electrons. The molecule has 5 nitrogen and oxygen atoms in total. The highest BCUT2D eigenvalue weighted by Gasteiger charge is 2.46. The second kappa shape index (κ2) is 5.74. The number of benzene rings is 1. The molecule has 5 heteroatoms. The Morgan fingerprint density at radius 3 is 2.88 bits per heavy atom. The van der Waals surface area contributed by atoms with E-state index in [0.717, 1.165) is 42.6 Å². The summed E-state index contributed by atoms with van der Waals surface area (Å²) >= 11 is 0. The van der Waals surface area contributed by atoms with Crippen LogP contribution in [0, 0.1) is 5.92 Å². The molecule has 2 N–H and O–H groups in total. The van der Waals surface area contributed by atoms with Crippen LogP contribution < -0.4 is 10.6 Å². The van der Waals surface area contributed by atoms with Crippen LogP contribution in [0.2, 0.25) is 0 Å². The number of aryl methyl sites for hydroxylation is 1. The Morgan fingerprint density at radius 2 is 2.12 bits per heavy atom. The lowest BCUT2D eigenvalue weighted by molar-refractivity contribution is -0.120. The van der Waals surface area contributed by atoms with Crippen molar-refractivity contribution >= 4 is 17.5 Å². The molecule has 1 aromatic carbocycles. The maximum absolute atomic E-state index is 12.9. The standard InChI is InChI=1S/C19H19N3O2/c20-18(23)13-5-6-17-12(9-13)4-2-8-22(17)19(24)16-10-15(16)14-3-1-7-21-11-14/h1,3,5-7,9,11,15-16H,2,4,8,10H2,(H2,20,23)/t15-,16-/m1/s1. The number of hydrogen-bond acceptors (Lipinski definition) is 3. The number of nitrogens with zero attached hydrogens (tertiary/aromatic N) is 2. The number of nitrogens with two attached hydrogens (primary N) is 1. The zero-order valence-corrected chi connectivity index (χ0v) is 13.3. The third kappa shape index (κ3) is 2.56. The minimum absolute atomic E-state index is 0.0379. The van der Waals surface area contributed by atoms with Crippen molar-refractivity contribution in [3.8, 4) is 0 Å². The van der Waals surface area contributed by atoms with Crippen LogP contribution in [0.3, 0.4) is 0 Å². The number of fused-ring (bicyclic) bond motifs is 1. The first-order valence-corrected chi connectivity index (χ1v) is 8.29. The maximum atomic E-state index is 12.9. The topological polar surface area (TPSA) is 76.3 Å². The summed E-state index contributed by atoms with van der Waals surface area (Å²) in [5.41, 5.74) is 8.95. The van der Waals surface area contributed by atoms with Crippen molar-refractivity contribution in [3.05, 3.63) is 59.4 Å². The maximum Gasteiger partial charge on any atom is 0.248 e. The summed E-state index contributed by atoms with van der Waals surface area (Å²) in [5, 5.41) is 0. The molecule has 0 unspecified atom stereocenters. The largest absolute Gasteiger partial charge is 0.366 e. The minimum Gasteiger partial charge on any atom is -0.366 e. The number of anilines is 1. The van der Waals surface area contributed by atoms with Crippen molar-refractivity contribution in [1.82, 2.24) is 4.98 Å². The van der Waals surface area contributed by atoms with Gasteiger partial charge >= 0.3 is 0 Å². The van der Waals surface area contributed by atoms with Crippen molar-refractivity contribution < 1.29 is 9.59 Å². The number of carbonyl (C=O) groups excluding carboxylic acids is 2. The molecule has 1 aliphatic heterocycles. The van der Waals surface area contributed by atoms with Gasteiger partial charge in [-0.25, -0.2) is 0 Å². The normalized spacial score (nSPS) is 21.9. The molecule has 2 heterocycles. The van der Waals surface area contributed by atoms with E-state index in [4.69, 9.17) is 5.73 Å². The Hall–Kier alpha value is -2.69. The molecule has 2 atom stereocenters. The van der Waals surface area contributed by atoms with Gasteiger partial charge in [0, 0.05) is 36.1 Å². The second-order valence-electron chi connectivity index (χ2n) is 6.54. The van der Waals surface area contributed by atoms with Crippen LogP contribution in [0.4, 0.5) is 5.69 Å². The summed E-state index contributed by atoms with van der Waals surface area (Å²) in [4.78, 5) is 30.3. The molecule has 0 bridgehead atoms. The van der Waals surface area contributed by atoms with Gasteiger partial charge in [-0.15, -0.1) is 0 Å². The Bertz CT molecular complexity index is 804. The smallest absolute Gasteiger partial charge is 0.248 e. The second-order valence-corrected chi connectivity index (χ2v) is 6.54. The van der Waals surface area contributed by atoms with E-state index in [0.29, 0.717) is 5.56 Å². The Kier molecular flexibility index (Phi) is 3.56. The molecule has 0 spiro atoms. The third-order valence-electron chi connectivity index (χ3n) is 4.97. The van der Waals surface area contributed by atoms with Crippen LogP contribution in [-0.4, -0.2) is 23.3 Å². The van der Waals surface area contributed by atoms with Crippen LogP contribution >= 0.6 is 0 Å². The molecular weight excluding hydrogens is 302 g/mol. The van der Waals surface area contributed by atoms with Crippen LogP contribution in [0.25, 0.3) is 0 Å². The van der Waals surface area contributed by atoms with E-state index in [9.17, 15) is 9.59 Å². The Balaban J connectivity index is 1.56. The van der Waals surface area contributed by atoms with E-state index in [-0.39, 0.29) is 17.7 Å². The molecule has 24 heavy (non-hydrogen) atoms. The number of carbonyl (C=O) groups is 2. The first-order chi connectivity index (χ1) is 11.6. The Labute approximate surface area is 140 Å². The molecule has 1 saturated carbocycles. The van der Waals surface area contributed by atoms with Gasteiger partial charge in [-0.2, -0.15) is 0 Å². The highest BCUT2D eigenvalue weighted by Crippen LogP contribution is 2.49. The quantitative estimate of drug-likeness (QED) is 0.942. The fraction of sp³-hybridized carbons (Fsp3) is 0.316. The van der Waals surface area contributed by atoms with Crippen LogP contribution in [0.5, 0.6) is 0 Å². The molecule has 2 aliphatic rings. The van der Waals surface area contributed by atoms with Gasteiger partial charge in [-0.05, 0) is 60.6 Å². The van der Waals surface area contributed by atoms with Crippen molar-refractivity contribution in [3.63, 3.8) is 0 Å². The van der Waals surface area contributed by atoms with Crippen molar-refractivity contribution in [2.45, 2.75) is 25.2 Å². The van der Waals surface area contributed by atoms with Gasteiger partial charge in [0.2, 0.25) is 11.8 Å². The monoisotopic (exact) mass is 321 g/mol. The van der Waals surface area contributed by atoms with E-state index in [1.165, 1.54) is 0 Å². The van der Waals surface area contributed by atoms with Gasteiger partial charge in [0.25, 0.3) is 0 Å². The third-order valence-corrected chi connectivity index (χ3v) is 4.97. The first kappa shape index (κ1) is 14.9. The SMILES string of the molecule is NC(=O)c1ccc2c(c1)CCCN2C(=O)[C@@H]1C[C@@H]1c1cccnc1. The van der Waals surface area contributed by atoms with Gasteiger partial charge in [0.05, 0.1) is 0 Å². The number of amides is 2. The van der Waals surface area contributed by atoms with Gasteiger partial charge in [0.15, 0.2) is 0 Å². The average Bonchev–Trinajstić information content (AvgIpc) is 3.41. The summed E-state index contributed by atoms with van der Waals surface area (Å²) in [7, 11) is 0. The molecule has 2 amide bonds. The molecule has 1 aliphatic carbocycles. The van der Waals surface area contributed by atoms with Gasteiger partial charge in [-0.1, -0.05) is 6.07 Å². The predicted molar refractivity (Wildman–Crippen MR) is 90.7 cm³/mol. The highest BCUT2D eigenvalue weighted by molar-refractivity contribution is 5.99. The number of aromatic nitrogens is 1. The van der Waals surface area contributed by atoms with Gasteiger partial charge < -0.3 is 10.6 Å². The molecule has 1 aromatic heterocycles. The lowest BCUT2D eigenvalue weighted by Crippen LogP contribution is -2.37. The molecule has 4 rings (SSSR count). The number of pyridine rings is 1. The zero-order valence-electron chi connectivity index (χ0n) is 13.3. The predicted octanol–water partition coefficient (Wildman–Crippen LogP) is 2.26. The Morgan fingerprint density at radius 1 is 1.25 bits per heavy atom. The van der Waals surface area contributed by atoms with Crippen molar-refractivity contribution in [2.24, 2.45) is 11.7 Å². The number of hydrogen-bond donors (Lipinski definition) is 1. The van der Waals surface area contributed by atoms with E-state index < -0.39 is 5.91 Å². The first-order valence-electron chi connectivity index (χ1n) is 8.29. The van der Waals surface area contributed by atoms with E-state index >= 15 is 0 Å². The summed E-state index contributed by atoms with van der Waals surface area (Å²) < 4.78 is 0. The van der Waals surface area contributed by atoms with E-state index in [1.54, 1.807) is 12.3 Å². The van der Waals surface area contributed by atoms with Crippen LogP contribution in [0.15, 0.2) is 42.7 Å². The van der Waals surface area contributed by atoms with Crippen molar-refractivity contribution in [1.29, 1.82) is 0 Å². The fourth-order valence-electron chi connectivity index (χ4n) is 3.61. The lowest BCUT2D eigenvalue weighted by Gasteiger charge is -2.30.